The van der Waals surface area contributed by atoms with Crippen LogP contribution in [0.1, 0.15) is 37.8 Å². The Morgan fingerprint density at radius 2 is 2.21 bits per heavy atom. The maximum atomic E-state index is 5.98. The lowest BCUT2D eigenvalue weighted by atomic mass is 9.85. The number of nitrogens with two attached hydrogens (primary N) is 1. The fourth-order valence-corrected chi connectivity index (χ4v) is 2.76. The maximum Gasteiger partial charge on any atom is 0.119 e. The zero-order valence-electron chi connectivity index (χ0n) is 12.1. The summed E-state index contributed by atoms with van der Waals surface area (Å²) in [6.07, 6.45) is 4.15. The van der Waals surface area contributed by atoms with Crippen LogP contribution < -0.4 is 10.5 Å². The summed E-state index contributed by atoms with van der Waals surface area (Å²) in [7, 11) is 2.18. The van der Waals surface area contributed by atoms with Crippen molar-refractivity contribution >= 4 is 0 Å². The molecule has 0 aromatic heterocycles. The lowest BCUT2D eigenvalue weighted by molar-refractivity contribution is 0.164. The molecule has 0 amide bonds. The van der Waals surface area contributed by atoms with Crippen molar-refractivity contribution in [2.75, 3.05) is 26.7 Å². The van der Waals surface area contributed by atoms with Gasteiger partial charge in [0.25, 0.3) is 0 Å². The van der Waals surface area contributed by atoms with Gasteiger partial charge in [0.1, 0.15) is 5.75 Å². The molecule has 0 bridgehead atoms. The normalized spacial score (nSPS) is 17.3. The van der Waals surface area contributed by atoms with E-state index in [2.05, 4.69) is 30.1 Å². The second kappa shape index (κ2) is 6.92. The van der Waals surface area contributed by atoms with E-state index in [9.17, 15) is 0 Å². The van der Waals surface area contributed by atoms with Crippen molar-refractivity contribution in [1.82, 2.24) is 4.90 Å². The van der Waals surface area contributed by atoms with E-state index in [1.54, 1.807) is 0 Å². The minimum absolute atomic E-state index is 0.293. The smallest absolute Gasteiger partial charge is 0.119 e. The van der Waals surface area contributed by atoms with Crippen molar-refractivity contribution in [3.63, 3.8) is 0 Å². The van der Waals surface area contributed by atoms with Gasteiger partial charge in [-0.3, -0.25) is 4.90 Å². The predicted molar refractivity (Wildman–Crippen MR) is 79.4 cm³/mol. The van der Waals surface area contributed by atoms with Crippen molar-refractivity contribution in [3.05, 3.63) is 29.8 Å². The average Bonchev–Trinajstić information content (AvgIpc) is 2.36. The van der Waals surface area contributed by atoms with Crippen LogP contribution in [-0.2, 0) is 0 Å². The SMILES string of the molecule is CCOc1cccc(C(CN)N(C)CC2CCC2)c1. The Morgan fingerprint density at radius 3 is 2.79 bits per heavy atom. The summed E-state index contributed by atoms with van der Waals surface area (Å²) in [6.45, 7) is 4.52. The first-order chi connectivity index (χ1) is 9.24. The Kier molecular flexibility index (Phi) is 5.23. The second-order valence-electron chi connectivity index (χ2n) is 5.49. The molecule has 106 valence electrons. The standard InChI is InChI=1S/C16H26N2O/c1-3-19-15-9-5-8-14(10-15)16(11-17)18(2)12-13-6-4-7-13/h5,8-10,13,16H,3-4,6-7,11-12,17H2,1-2H3. The van der Waals surface area contributed by atoms with Gasteiger partial charge in [0, 0.05) is 19.1 Å². The first kappa shape index (κ1) is 14.4. The van der Waals surface area contributed by atoms with Gasteiger partial charge >= 0.3 is 0 Å². The molecular weight excluding hydrogens is 236 g/mol. The lowest BCUT2D eigenvalue weighted by Crippen LogP contribution is -2.36. The van der Waals surface area contributed by atoms with E-state index in [0.29, 0.717) is 19.2 Å². The quantitative estimate of drug-likeness (QED) is 0.821. The summed E-state index contributed by atoms with van der Waals surface area (Å²) in [5.74, 6) is 1.81. The van der Waals surface area contributed by atoms with Crippen molar-refractivity contribution in [3.8, 4) is 5.75 Å². The van der Waals surface area contributed by atoms with Crippen LogP contribution in [0.4, 0.5) is 0 Å². The molecule has 1 aromatic carbocycles. The number of hydrogen-bond donors (Lipinski definition) is 1. The Bertz CT molecular complexity index is 390. The summed E-state index contributed by atoms with van der Waals surface area (Å²) in [4.78, 5) is 2.40. The Labute approximate surface area is 116 Å². The van der Waals surface area contributed by atoms with Gasteiger partial charge in [0.05, 0.1) is 6.61 Å². The van der Waals surface area contributed by atoms with E-state index in [1.165, 1.54) is 24.8 Å². The summed E-state index contributed by atoms with van der Waals surface area (Å²) in [5, 5.41) is 0. The highest BCUT2D eigenvalue weighted by Gasteiger charge is 2.23. The van der Waals surface area contributed by atoms with E-state index >= 15 is 0 Å². The van der Waals surface area contributed by atoms with Crippen LogP contribution in [0, 0.1) is 5.92 Å². The molecule has 0 spiro atoms. The number of nitrogens with zero attached hydrogens (tertiary/aromatic N) is 1. The van der Waals surface area contributed by atoms with E-state index < -0.39 is 0 Å². The highest BCUT2D eigenvalue weighted by atomic mass is 16.5. The van der Waals surface area contributed by atoms with Crippen molar-refractivity contribution < 1.29 is 4.74 Å². The molecule has 1 atom stereocenters. The van der Waals surface area contributed by atoms with Gasteiger partial charge in [-0.2, -0.15) is 0 Å². The zero-order chi connectivity index (χ0) is 13.7. The van der Waals surface area contributed by atoms with Gasteiger partial charge in [-0.25, -0.2) is 0 Å². The van der Waals surface area contributed by atoms with Gasteiger partial charge in [-0.15, -0.1) is 0 Å². The molecule has 0 saturated heterocycles. The lowest BCUT2D eigenvalue weighted by Gasteiger charge is -2.34. The molecule has 19 heavy (non-hydrogen) atoms. The molecule has 1 aliphatic rings. The van der Waals surface area contributed by atoms with Gasteiger partial charge in [-0.1, -0.05) is 18.6 Å². The summed E-state index contributed by atoms with van der Waals surface area (Å²) in [6, 6.07) is 8.63. The topological polar surface area (TPSA) is 38.5 Å². The van der Waals surface area contributed by atoms with Crippen LogP contribution in [0.25, 0.3) is 0 Å². The molecule has 1 saturated carbocycles. The van der Waals surface area contributed by atoms with Crippen LogP contribution >= 0.6 is 0 Å². The largest absolute Gasteiger partial charge is 0.494 e. The molecule has 3 heteroatoms. The van der Waals surface area contributed by atoms with Crippen LogP contribution in [0.5, 0.6) is 5.75 Å². The number of rotatable bonds is 7. The third kappa shape index (κ3) is 3.71. The molecule has 0 radical (unpaired) electrons. The van der Waals surface area contributed by atoms with Crippen LogP contribution in [-0.4, -0.2) is 31.6 Å². The molecular formula is C16H26N2O. The molecule has 3 nitrogen and oxygen atoms in total. The van der Waals surface area contributed by atoms with E-state index in [1.807, 2.05) is 13.0 Å². The van der Waals surface area contributed by atoms with Gasteiger partial charge in [0.2, 0.25) is 0 Å². The number of benzene rings is 1. The molecule has 2 N–H and O–H groups in total. The number of likely N-dealkylation sites (N-methyl/N-ethyl adjacent to an activating group) is 1. The fourth-order valence-electron chi connectivity index (χ4n) is 2.76. The van der Waals surface area contributed by atoms with Crippen molar-refractivity contribution in [1.29, 1.82) is 0 Å². The Hall–Kier alpha value is -1.06. The van der Waals surface area contributed by atoms with Gasteiger partial charge in [0.15, 0.2) is 0 Å². The van der Waals surface area contributed by atoms with E-state index in [4.69, 9.17) is 10.5 Å². The highest BCUT2D eigenvalue weighted by Crippen LogP contribution is 2.30. The number of hydrogen-bond acceptors (Lipinski definition) is 3. The minimum atomic E-state index is 0.293. The van der Waals surface area contributed by atoms with E-state index in [-0.39, 0.29) is 0 Å². The molecule has 1 aromatic rings. The maximum absolute atomic E-state index is 5.98. The average molecular weight is 262 g/mol. The van der Waals surface area contributed by atoms with Crippen LogP contribution in [0.3, 0.4) is 0 Å². The van der Waals surface area contributed by atoms with Crippen molar-refractivity contribution in [2.24, 2.45) is 11.7 Å². The molecule has 2 rings (SSSR count). The van der Waals surface area contributed by atoms with Gasteiger partial charge in [-0.05, 0) is 50.4 Å². The van der Waals surface area contributed by atoms with Crippen molar-refractivity contribution in [2.45, 2.75) is 32.2 Å². The Balaban J connectivity index is 2.04. The predicted octanol–water partition coefficient (Wildman–Crippen LogP) is 2.82. The van der Waals surface area contributed by atoms with Gasteiger partial charge < -0.3 is 10.5 Å². The third-order valence-electron chi connectivity index (χ3n) is 4.08. The number of ether oxygens (including phenoxy) is 1. The summed E-state index contributed by atoms with van der Waals surface area (Å²) >= 11 is 0. The highest BCUT2D eigenvalue weighted by molar-refractivity contribution is 5.30. The molecule has 1 unspecified atom stereocenters. The first-order valence-electron chi connectivity index (χ1n) is 7.37. The molecule has 0 heterocycles. The molecule has 1 fully saturated rings. The molecule has 0 aliphatic heterocycles. The van der Waals surface area contributed by atoms with E-state index in [0.717, 1.165) is 18.2 Å². The monoisotopic (exact) mass is 262 g/mol. The first-order valence-corrected chi connectivity index (χ1v) is 7.37. The fraction of sp³-hybridized carbons (Fsp3) is 0.625. The van der Waals surface area contributed by atoms with Crippen LogP contribution in [0.2, 0.25) is 0 Å². The second-order valence-corrected chi connectivity index (χ2v) is 5.49. The Morgan fingerprint density at radius 1 is 1.42 bits per heavy atom. The summed E-state index contributed by atoms with van der Waals surface area (Å²) in [5.41, 5.74) is 7.24. The third-order valence-corrected chi connectivity index (χ3v) is 4.08. The summed E-state index contributed by atoms with van der Waals surface area (Å²) < 4.78 is 5.58. The van der Waals surface area contributed by atoms with Crippen LogP contribution in [0.15, 0.2) is 24.3 Å². The minimum Gasteiger partial charge on any atom is -0.494 e. The zero-order valence-corrected chi connectivity index (χ0v) is 12.1. The molecule has 1 aliphatic carbocycles.